The van der Waals surface area contributed by atoms with Crippen LogP contribution in [0.3, 0.4) is 0 Å². The molecule has 0 saturated heterocycles. The van der Waals surface area contributed by atoms with Crippen LogP contribution in [0.1, 0.15) is 10.6 Å². The monoisotopic (exact) mass is 352 g/mol. The zero-order valence-electron chi connectivity index (χ0n) is 8.45. The van der Waals surface area contributed by atoms with Crippen molar-refractivity contribution in [2.45, 2.75) is 5.09 Å². The molecule has 2 aromatic rings. The van der Waals surface area contributed by atoms with Gasteiger partial charge in [0.25, 0.3) is 10.0 Å². The van der Waals surface area contributed by atoms with Gasteiger partial charge in [0.05, 0.1) is 9.98 Å². The van der Waals surface area contributed by atoms with Crippen LogP contribution in [0, 0.1) is 0 Å². The average molecular weight is 353 g/mol. The number of rotatable bonds is 4. The Balaban J connectivity index is 2.27. The van der Waals surface area contributed by atoms with Crippen LogP contribution in [0.5, 0.6) is 0 Å². The van der Waals surface area contributed by atoms with Gasteiger partial charge in [0, 0.05) is 0 Å². The number of hydrogen-bond acceptors (Lipinski definition) is 6. The number of anilines is 1. The minimum Gasteiger partial charge on any atom is -0.475 e. The molecule has 0 amide bonds. The molecule has 0 fully saturated rings. The number of carboxylic acid groups (broad SMARTS) is 1. The van der Waals surface area contributed by atoms with Gasteiger partial charge in [-0.15, -0.1) is 0 Å². The summed E-state index contributed by atoms with van der Waals surface area (Å²) in [6.07, 6.45) is 1.44. The van der Waals surface area contributed by atoms with E-state index in [2.05, 4.69) is 25.6 Å². The van der Waals surface area contributed by atoms with Crippen LogP contribution in [0.15, 0.2) is 31.6 Å². The van der Waals surface area contributed by atoms with E-state index in [1.54, 1.807) is 0 Å². The molecular formula is C8H5BrN2O5S2. The van der Waals surface area contributed by atoms with E-state index in [9.17, 15) is 13.2 Å². The van der Waals surface area contributed by atoms with Crippen molar-refractivity contribution in [2.75, 3.05) is 4.72 Å². The fourth-order valence-corrected chi connectivity index (χ4v) is 3.33. The van der Waals surface area contributed by atoms with Crippen LogP contribution >= 0.6 is 27.3 Å². The Bertz CT molecular complexity index is 690. The Labute approximate surface area is 114 Å². The lowest BCUT2D eigenvalue weighted by Gasteiger charge is -2.00. The molecule has 0 radical (unpaired) electrons. The van der Waals surface area contributed by atoms with Crippen LogP contribution in [0.2, 0.25) is 0 Å². The third-order valence-corrected chi connectivity index (χ3v) is 4.49. The highest BCUT2D eigenvalue weighted by Gasteiger charge is 2.22. The molecule has 0 aliphatic rings. The topological polar surface area (TPSA) is 110 Å². The first-order valence-corrected chi connectivity index (χ1v) is 7.45. The molecule has 2 rings (SSSR count). The summed E-state index contributed by atoms with van der Waals surface area (Å²) < 4.78 is 31.1. The van der Waals surface area contributed by atoms with E-state index < -0.39 is 26.8 Å². The summed E-state index contributed by atoms with van der Waals surface area (Å²) in [6, 6.07) is 2.13. The number of nitrogens with zero attached hydrogens (tertiary/aromatic N) is 1. The molecule has 0 saturated carbocycles. The summed E-state index contributed by atoms with van der Waals surface area (Å²) in [4.78, 5) is 14.4. The lowest BCUT2D eigenvalue weighted by Crippen LogP contribution is -2.11. The summed E-state index contributed by atoms with van der Waals surface area (Å²) in [5.41, 5.74) is 0. The first-order chi connectivity index (χ1) is 8.38. The Morgan fingerprint density at radius 1 is 1.50 bits per heavy atom. The fourth-order valence-electron chi connectivity index (χ4n) is 1.05. The summed E-state index contributed by atoms with van der Waals surface area (Å²) in [7, 11) is -3.97. The predicted octanol–water partition coefficient (Wildman–Crippen LogP) is 2.00. The number of aromatic carboxylic acids is 1. The third-order valence-electron chi connectivity index (χ3n) is 1.76. The second kappa shape index (κ2) is 4.71. The Hall–Kier alpha value is -1.39. The van der Waals surface area contributed by atoms with Crippen LogP contribution in [0.25, 0.3) is 0 Å². The molecule has 96 valence electrons. The van der Waals surface area contributed by atoms with Gasteiger partial charge in [0.2, 0.25) is 10.9 Å². The molecule has 2 heterocycles. The van der Waals surface area contributed by atoms with Gasteiger partial charge in [-0.25, -0.2) is 9.78 Å². The Kier molecular flexibility index (Phi) is 3.41. The number of carboxylic acids is 1. The number of carbonyl (C=O) groups is 1. The summed E-state index contributed by atoms with van der Waals surface area (Å²) >= 11 is 4.22. The number of aromatic nitrogens is 1. The molecule has 0 aromatic carbocycles. The van der Waals surface area contributed by atoms with Gasteiger partial charge >= 0.3 is 5.97 Å². The van der Waals surface area contributed by atoms with Crippen LogP contribution < -0.4 is 4.72 Å². The lowest BCUT2D eigenvalue weighted by atomic mass is 10.5. The maximum atomic E-state index is 11.8. The van der Waals surface area contributed by atoms with Crippen molar-refractivity contribution in [1.82, 2.24) is 4.98 Å². The molecule has 10 heteroatoms. The van der Waals surface area contributed by atoms with Crippen molar-refractivity contribution in [1.29, 1.82) is 0 Å². The Morgan fingerprint density at radius 2 is 2.22 bits per heavy atom. The summed E-state index contributed by atoms with van der Waals surface area (Å²) in [5.74, 6) is -1.79. The van der Waals surface area contributed by atoms with E-state index in [0.717, 1.165) is 23.5 Å². The van der Waals surface area contributed by atoms with Crippen LogP contribution in [-0.4, -0.2) is 24.5 Å². The van der Waals surface area contributed by atoms with Crippen molar-refractivity contribution in [2.24, 2.45) is 0 Å². The summed E-state index contributed by atoms with van der Waals surface area (Å²) in [6.45, 7) is 0. The highest BCUT2D eigenvalue weighted by Crippen LogP contribution is 2.26. The first kappa shape index (κ1) is 13.1. The van der Waals surface area contributed by atoms with Crippen molar-refractivity contribution in [3.8, 4) is 0 Å². The molecule has 2 N–H and O–H groups in total. The van der Waals surface area contributed by atoms with Gasteiger partial charge in [0.15, 0.2) is 5.13 Å². The molecule has 2 aromatic heterocycles. The van der Waals surface area contributed by atoms with Gasteiger partial charge in [-0.05, 0) is 28.1 Å². The molecule has 7 nitrogen and oxygen atoms in total. The second-order valence-corrected chi connectivity index (χ2v) is 7.02. The quantitative estimate of drug-likeness (QED) is 0.870. The standard InChI is InChI=1S/C8H5BrN2O5S2/c9-5-3-10-8(17-5)11-18(14,15)6-2-1-4(16-6)7(12)13/h1-3H,(H,10,11)(H,12,13). The molecule has 0 aliphatic heterocycles. The van der Waals surface area contributed by atoms with E-state index >= 15 is 0 Å². The molecule has 18 heavy (non-hydrogen) atoms. The van der Waals surface area contributed by atoms with Crippen molar-refractivity contribution < 1.29 is 22.7 Å². The minimum absolute atomic E-state index is 0.148. The number of nitrogens with one attached hydrogen (secondary N) is 1. The highest BCUT2D eigenvalue weighted by atomic mass is 79.9. The highest BCUT2D eigenvalue weighted by molar-refractivity contribution is 9.11. The normalized spacial score (nSPS) is 11.4. The number of thiazole rings is 1. The van der Waals surface area contributed by atoms with Gasteiger partial charge in [0.1, 0.15) is 0 Å². The maximum absolute atomic E-state index is 11.8. The number of halogens is 1. The molecular weight excluding hydrogens is 348 g/mol. The Morgan fingerprint density at radius 3 is 2.72 bits per heavy atom. The van der Waals surface area contributed by atoms with Gasteiger partial charge in [-0.2, -0.15) is 8.42 Å². The molecule has 0 spiro atoms. The number of sulfonamides is 1. The number of hydrogen-bond donors (Lipinski definition) is 2. The zero-order chi connectivity index (χ0) is 13.3. The fraction of sp³-hybridized carbons (Fsp3) is 0. The lowest BCUT2D eigenvalue weighted by molar-refractivity contribution is 0.0656. The zero-order valence-corrected chi connectivity index (χ0v) is 11.7. The SMILES string of the molecule is O=C(O)c1ccc(S(=O)(=O)Nc2ncc(Br)s2)o1. The minimum atomic E-state index is -3.97. The third kappa shape index (κ3) is 2.71. The predicted molar refractivity (Wildman–Crippen MR) is 66.3 cm³/mol. The smallest absolute Gasteiger partial charge is 0.371 e. The largest absolute Gasteiger partial charge is 0.475 e. The molecule has 0 aliphatic carbocycles. The average Bonchev–Trinajstić information content (AvgIpc) is 2.86. The molecule has 0 bridgehead atoms. The van der Waals surface area contributed by atoms with E-state index in [1.807, 2.05) is 0 Å². The van der Waals surface area contributed by atoms with Gasteiger partial charge < -0.3 is 9.52 Å². The van der Waals surface area contributed by atoms with Crippen LogP contribution in [0.4, 0.5) is 5.13 Å². The van der Waals surface area contributed by atoms with E-state index in [-0.39, 0.29) is 5.13 Å². The van der Waals surface area contributed by atoms with Crippen molar-refractivity contribution >= 4 is 48.4 Å². The second-order valence-electron chi connectivity index (χ2n) is 3.00. The van der Waals surface area contributed by atoms with Crippen LogP contribution in [-0.2, 0) is 10.0 Å². The summed E-state index contributed by atoms with van der Waals surface area (Å²) in [5, 5.41) is 8.30. The van der Waals surface area contributed by atoms with Crippen molar-refractivity contribution in [3.05, 3.63) is 27.9 Å². The molecule has 0 atom stereocenters. The van der Waals surface area contributed by atoms with Gasteiger partial charge in [-0.1, -0.05) is 11.3 Å². The number of furan rings is 1. The first-order valence-electron chi connectivity index (χ1n) is 4.36. The van der Waals surface area contributed by atoms with Gasteiger partial charge in [-0.3, -0.25) is 4.72 Å². The van der Waals surface area contributed by atoms with Crippen molar-refractivity contribution in [3.63, 3.8) is 0 Å². The molecule has 0 unspecified atom stereocenters. The maximum Gasteiger partial charge on any atom is 0.371 e. The van der Waals surface area contributed by atoms with E-state index in [1.165, 1.54) is 6.20 Å². The van der Waals surface area contributed by atoms with E-state index in [0.29, 0.717) is 3.79 Å². The van der Waals surface area contributed by atoms with E-state index in [4.69, 9.17) is 9.52 Å².